The molecule has 1 atom stereocenters. The van der Waals surface area contributed by atoms with Crippen LogP contribution in [0.2, 0.25) is 10.0 Å². The maximum absolute atomic E-state index is 12.7. The van der Waals surface area contributed by atoms with Crippen LogP contribution in [0, 0.1) is 5.92 Å². The van der Waals surface area contributed by atoms with Crippen LogP contribution in [0.4, 0.5) is 0 Å². The minimum Gasteiger partial charge on any atom is -0.488 e. The third kappa shape index (κ3) is 8.09. The number of nitrogens with one attached hydrogen (secondary N) is 2. The molecule has 6 nitrogen and oxygen atoms in total. The highest BCUT2D eigenvalue weighted by atomic mass is 79.9. The summed E-state index contributed by atoms with van der Waals surface area (Å²) in [6.45, 7) is 4.08. The summed E-state index contributed by atoms with van der Waals surface area (Å²) < 4.78 is 6.59. The first kappa shape index (κ1) is 26.7. The Bertz CT molecular complexity index is 1220. The molecule has 3 aromatic carbocycles. The third-order valence-corrected chi connectivity index (χ3v) is 6.08. The lowest BCUT2D eigenvalue weighted by atomic mass is 10.0. The first-order valence-corrected chi connectivity index (χ1v) is 12.3. The Morgan fingerprint density at radius 3 is 2.43 bits per heavy atom. The largest absolute Gasteiger partial charge is 0.488 e. The van der Waals surface area contributed by atoms with Crippen molar-refractivity contribution in [2.24, 2.45) is 11.0 Å². The Balaban J connectivity index is 1.57. The molecule has 0 saturated carbocycles. The number of hydrogen-bond donors (Lipinski definition) is 2. The third-order valence-electron chi connectivity index (χ3n) is 4.97. The maximum Gasteiger partial charge on any atom is 0.262 e. The first-order chi connectivity index (χ1) is 16.7. The predicted molar refractivity (Wildman–Crippen MR) is 143 cm³/mol. The molecule has 0 aliphatic carbocycles. The van der Waals surface area contributed by atoms with Crippen LogP contribution in [0.25, 0.3) is 0 Å². The number of rotatable bonds is 9. The van der Waals surface area contributed by atoms with Crippen LogP contribution in [0.3, 0.4) is 0 Å². The molecule has 0 spiro atoms. The van der Waals surface area contributed by atoms with Crippen LogP contribution < -0.4 is 15.5 Å². The van der Waals surface area contributed by atoms with E-state index in [0.717, 1.165) is 15.6 Å². The van der Waals surface area contributed by atoms with Crippen molar-refractivity contribution in [3.8, 4) is 5.75 Å². The van der Waals surface area contributed by atoms with Crippen LogP contribution in [-0.2, 0) is 11.4 Å². The summed E-state index contributed by atoms with van der Waals surface area (Å²) in [5.74, 6) is -0.290. The van der Waals surface area contributed by atoms with Crippen molar-refractivity contribution < 1.29 is 14.3 Å². The second-order valence-corrected chi connectivity index (χ2v) is 9.77. The molecule has 0 heterocycles. The van der Waals surface area contributed by atoms with E-state index in [9.17, 15) is 9.59 Å². The molecule has 182 valence electrons. The molecule has 0 bridgehead atoms. The van der Waals surface area contributed by atoms with E-state index in [0.29, 0.717) is 28.0 Å². The number of halogens is 3. The summed E-state index contributed by atoms with van der Waals surface area (Å²) in [5.41, 5.74) is 4.62. The molecule has 0 radical (unpaired) electrons. The maximum atomic E-state index is 12.7. The van der Waals surface area contributed by atoms with Gasteiger partial charge in [0.25, 0.3) is 11.8 Å². The molecule has 0 fully saturated rings. The van der Waals surface area contributed by atoms with Gasteiger partial charge in [0.15, 0.2) is 0 Å². The lowest BCUT2D eigenvalue weighted by molar-refractivity contribution is -0.123. The Morgan fingerprint density at radius 1 is 1.03 bits per heavy atom. The summed E-state index contributed by atoms with van der Waals surface area (Å²) in [7, 11) is 0. The van der Waals surface area contributed by atoms with Crippen molar-refractivity contribution in [3.63, 3.8) is 0 Å². The smallest absolute Gasteiger partial charge is 0.262 e. The molecule has 3 rings (SSSR count). The van der Waals surface area contributed by atoms with Gasteiger partial charge in [0, 0.05) is 15.6 Å². The molecule has 0 saturated heterocycles. The lowest BCUT2D eigenvalue weighted by Crippen LogP contribution is -2.48. The molecule has 2 amide bonds. The van der Waals surface area contributed by atoms with Crippen LogP contribution in [0.5, 0.6) is 5.75 Å². The van der Waals surface area contributed by atoms with Gasteiger partial charge in [-0.3, -0.25) is 9.59 Å². The van der Waals surface area contributed by atoms with Gasteiger partial charge in [0.1, 0.15) is 18.4 Å². The summed E-state index contributed by atoms with van der Waals surface area (Å²) in [6, 6.07) is 18.7. The highest BCUT2D eigenvalue weighted by Gasteiger charge is 2.24. The van der Waals surface area contributed by atoms with Gasteiger partial charge >= 0.3 is 0 Å². The fourth-order valence-electron chi connectivity index (χ4n) is 3.09. The monoisotopic (exact) mass is 575 g/mol. The van der Waals surface area contributed by atoms with Gasteiger partial charge in [0.2, 0.25) is 0 Å². The molecule has 3 aromatic rings. The number of ether oxygens (including phenoxy) is 1. The summed E-state index contributed by atoms with van der Waals surface area (Å²) >= 11 is 15.4. The van der Waals surface area contributed by atoms with Crippen molar-refractivity contribution in [1.82, 2.24) is 10.7 Å². The van der Waals surface area contributed by atoms with Gasteiger partial charge in [0.05, 0.1) is 10.7 Å². The molecular weight excluding hydrogens is 553 g/mol. The molecule has 2 N–H and O–H groups in total. The standard InChI is InChI=1S/C26H24BrCl2N3O3/c1-16(2)24(31-25(33)19-4-3-5-21(29)13-19)26(34)32-30-14-18-8-11-23(22(27)12-18)35-15-17-6-9-20(28)10-7-17/h3-14,16,24H,15H2,1-2H3,(H,31,33)(H,32,34)/b30-14+. The van der Waals surface area contributed by atoms with Crippen molar-refractivity contribution >= 4 is 57.2 Å². The topological polar surface area (TPSA) is 79.8 Å². The summed E-state index contributed by atoms with van der Waals surface area (Å²) in [4.78, 5) is 25.2. The van der Waals surface area contributed by atoms with E-state index in [4.69, 9.17) is 27.9 Å². The number of amides is 2. The van der Waals surface area contributed by atoms with Gasteiger partial charge in [-0.05, 0) is 81.5 Å². The average Bonchev–Trinajstić information content (AvgIpc) is 2.82. The SMILES string of the molecule is CC(C)C(NC(=O)c1cccc(Cl)c1)C(=O)N/N=C/c1ccc(OCc2ccc(Cl)cc2)c(Br)c1. The Hall–Kier alpha value is -2.87. The van der Waals surface area contributed by atoms with Crippen LogP contribution in [0.15, 0.2) is 76.3 Å². The highest BCUT2D eigenvalue weighted by Crippen LogP contribution is 2.26. The Morgan fingerprint density at radius 2 is 1.77 bits per heavy atom. The van der Waals surface area contributed by atoms with Gasteiger partial charge in [-0.25, -0.2) is 5.43 Å². The first-order valence-electron chi connectivity index (χ1n) is 10.8. The van der Waals surface area contributed by atoms with Crippen LogP contribution in [-0.4, -0.2) is 24.1 Å². The van der Waals surface area contributed by atoms with Gasteiger partial charge in [-0.15, -0.1) is 0 Å². The second kappa shape index (κ2) is 12.7. The molecule has 9 heteroatoms. The van der Waals surface area contributed by atoms with E-state index in [1.54, 1.807) is 24.3 Å². The molecular formula is C26H24BrCl2N3O3. The van der Waals surface area contributed by atoms with Gasteiger partial charge in [-0.2, -0.15) is 5.10 Å². The van der Waals surface area contributed by atoms with Crippen molar-refractivity contribution in [2.75, 3.05) is 0 Å². The zero-order chi connectivity index (χ0) is 25.4. The molecule has 0 aliphatic heterocycles. The van der Waals surface area contributed by atoms with Gasteiger partial charge in [-0.1, -0.05) is 55.2 Å². The van der Waals surface area contributed by atoms with E-state index in [1.165, 1.54) is 6.21 Å². The Labute approximate surface area is 222 Å². The quantitative estimate of drug-likeness (QED) is 0.234. The van der Waals surface area contributed by atoms with Crippen molar-refractivity contribution in [2.45, 2.75) is 26.5 Å². The minimum absolute atomic E-state index is 0.153. The van der Waals surface area contributed by atoms with E-state index in [1.807, 2.05) is 56.3 Å². The normalized spacial score (nSPS) is 11.9. The predicted octanol–water partition coefficient (Wildman–Crippen LogP) is 6.24. The zero-order valence-electron chi connectivity index (χ0n) is 19.1. The second-order valence-electron chi connectivity index (χ2n) is 8.04. The van der Waals surface area contributed by atoms with E-state index in [-0.39, 0.29) is 11.8 Å². The molecule has 1 unspecified atom stereocenters. The van der Waals surface area contributed by atoms with Crippen molar-refractivity contribution in [3.05, 3.63) is 97.9 Å². The highest BCUT2D eigenvalue weighted by molar-refractivity contribution is 9.10. The zero-order valence-corrected chi connectivity index (χ0v) is 22.2. The number of carbonyl (C=O) groups excluding carboxylic acids is 2. The lowest BCUT2D eigenvalue weighted by Gasteiger charge is -2.20. The van der Waals surface area contributed by atoms with Crippen LogP contribution >= 0.6 is 39.1 Å². The van der Waals surface area contributed by atoms with E-state index in [2.05, 4.69) is 31.8 Å². The number of hydrazone groups is 1. The minimum atomic E-state index is -0.769. The van der Waals surface area contributed by atoms with E-state index >= 15 is 0 Å². The number of hydrogen-bond acceptors (Lipinski definition) is 4. The summed E-state index contributed by atoms with van der Waals surface area (Å²) in [5, 5.41) is 7.90. The van der Waals surface area contributed by atoms with Crippen LogP contribution in [0.1, 0.15) is 35.3 Å². The molecule has 0 aromatic heterocycles. The Kier molecular flexibility index (Phi) is 9.72. The van der Waals surface area contributed by atoms with Crippen molar-refractivity contribution in [1.29, 1.82) is 0 Å². The number of benzene rings is 3. The number of carbonyl (C=O) groups is 2. The molecule has 35 heavy (non-hydrogen) atoms. The fraction of sp³-hybridized carbons (Fsp3) is 0.192. The number of nitrogens with zero attached hydrogens (tertiary/aromatic N) is 1. The van der Waals surface area contributed by atoms with E-state index < -0.39 is 11.9 Å². The average molecular weight is 577 g/mol. The van der Waals surface area contributed by atoms with Gasteiger partial charge < -0.3 is 10.1 Å². The summed E-state index contributed by atoms with van der Waals surface area (Å²) in [6.07, 6.45) is 1.52. The fourth-order valence-corrected chi connectivity index (χ4v) is 3.91. The molecule has 0 aliphatic rings.